The number of nitrogens with one attached hydrogen (secondary N) is 2. The molecule has 0 aliphatic rings. The number of carboxylic acids is 1. The lowest BCUT2D eigenvalue weighted by Crippen LogP contribution is -2.35. The molecule has 3 N–H and O–H groups in total. The predicted octanol–water partition coefficient (Wildman–Crippen LogP) is 0.814. The van der Waals surface area contributed by atoms with Crippen molar-refractivity contribution in [1.82, 2.24) is 15.6 Å². The van der Waals surface area contributed by atoms with Crippen LogP contribution >= 0.6 is 0 Å². The summed E-state index contributed by atoms with van der Waals surface area (Å²) >= 11 is 0. The first kappa shape index (κ1) is 16.6. The van der Waals surface area contributed by atoms with E-state index in [1.54, 1.807) is 0 Å². The summed E-state index contributed by atoms with van der Waals surface area (Å²) in [6.07, 6.45) is 2.15. The number of nitrogens with zero attached hydrogens (tertiary/aromatic N) is 1. The molecule has 7 nitrogen and oxygen atoms in total. The topological polar surface area (TPSA) is 108 Å². The van der Waals surface area contributed by atoms with E-state index < -0.39 is 11.9 Å². The fourth-order valence-corrected chi connectivity index (χ4v) is 1.48. The minimum absolute atomic E-state index is 0.0134. The lowest BCUT2D eigenvalue weighted by Gasteiger charge is -2.11. The molecule has 1 heterocycles. The van der Waals surface area contributed by atoms with Crippen LogP contribution in [0.4, 0.5) is 0 Å². The van der Waals surface area contributed by atoms with Crippen molar-refractivity contribution in [3.8, 4) is 0 Å². The van der Waals surface area contributed by atoms with Gasteiger partial charge in [0.1, 0.15) is 5.69 Å². The van der Waals surface area contributed by atoms with Gasteiger partial charge >= 0.3 is 5.97 Å². The molecule has 2 amide bonds. The Morgan fingerprint density at radius 2 is 2.05 bits per heavy atom. The monoisotopic (exact) mass is 293 g/mol. The molecular weight excluding hydrogens is 274 g/mol. The first-order valence-corrected chi connectivity index (χ1v) is 6.71. The van der Waals surface area contributed by atoms with Gasteiger partial charge in [-0.05, 0) is 25.5 Å². The molecule has 1 rings (SSSR count). The van der Waals surface area contributed by atoms with Crippen LogP contribution in [0.25, 0.3) is 0 Å². The van der Waals surface area contributed by atoms with E-state index in [0.29, 0.717) is 0 Å². The maximum atomic E-state index is 11.7. The van der Waals surface area contributed by atoms with E-state index in [0.717, 1.165) is 12.6 Å². The Balaban J connectivity index is 2.40. The van der Waals surface area contributed by atoms with Gasteiger partial charge < -0.3 is 15.7 Å². The van der Waals surface area contributed by atoms with Gasteiger partial charge in [0.05, 0.1) is 5.56 Å². The summed E-state index contributed by atoms with van der Waals surface area (Å²) in [5.74, 6) is -1.67. The van der Waals surface area contributed by atoms with Gasteiger partial charge in [-0.25, -0.2) is 4.79 Å². The number of carboxylic acid groups (broad SMARTS) is 1. The molecule has 0 aromatic carbocycles. The van der Waals surface area contributed by atoms with E-state index in [1.807, 2.05) is 13.8 Å². The van der Waals surface area contributed by atoms with Crippen molar-refractivity contribution >= 4 is 17.8 Å². The van der Waals surface area contributed by atoms with Gasteiger partial charge in [-0.2, -0.15) is 0 Å². The van der Waals surface area contributed by atoms with E-state index in [4.69, 9.17) is 5.11 Å². The molecule has 114 valence electrons. The molecule has 7 heteroatoms. The van der Waals surface area contributed by atoms with E-state index in [2.05, 4.69) is 15.6 Å². The molecular formula is C14H19N3O4. The third kappa shape index (κ3) is 5.60. The Labute approximate surface area is 122 Å². The summed E-state index contributed by atoms with van der Waals surface area (Å²) < 4.78 is 0. The number of amides is 2. The average Bonchev–Trinajstić information content (AvgIpc) is 2.46. The Morgan fingerprint density at radius 1 is 1.33 bits per heavy atom. The van der Waals surface area contributed by atoms with Crippen LogP contribution in [0.5, 0.6) is 0 Å². The number of aromatic carboxylic acids is 1. The Morgan fingerprint density at radius 3 is 2.57 bits per heavy atom. The fourth-order valence-electron chi connectivity index (χ4n) is 1.48. The van der Waals surface area contributed by atoms with E-state index in [9.17, 15) is 14.4 Å². The molecule has 0 aliphatic heterocycles. The standard InChI is InChI=1S/C14H19N3O4/c1-3-9(2)17-12(18)6-7-15-13(19)11-5-4-10(8-16-11)14(20)21/h4-5,8-9H,3,6-7H2,1-2H3,(H,15,19)(H,17,18)(H,20,21). The van der Waals surface area contributed by atoms with Gasteiger partial charge in [-0.15, -0.1) is 0 Å². The van der Waals surface area contributed by atoms with Crippen molar-refractivity contribution in [3.05, 3.63) is 29.6 Å². The largest absolute Gasteiger partial charge is 0.478 e. The minimum atomic E-state index is -1.10. The summed E-state index contributed by atoms with van der Waals surface area (Å²) in [4.78, 5) is 37.7. The summed E-state index contributed by atoms with van der Waals surface area (Å²) in [5.41, 5.74) is 0.127. The highest BCUT2D eigenvalue weighted by Crippen LogP contribution is 2.00. The van der Waals surface area contributed by atoms with Crippen LogP contribution in [0.2, 0.25) is 0 Å². The molecule has 1 unspecified atom stereocenters. The van der Waals surface area contributed by atoms with Crippen LogP contribution in [0, 0.1) is 0 Å². The molecule has 0 aliphatic carbocycles. The van der Waals surface area contributed by atoms with Crippen molar-refractivity contribution in [2.24, 2.45) is 0 Å². The quantitative estimate of drug-likeness (QED) is 0.689. The van der Waals surface area contributed by atoms with Crippen molar-refractivity contribution in [1.29, 1.82) is 0 Å². The molecule has 0 saturated heterocycles. The maximum Gasteiger partial charge on any atom is 0.337 e. The number of aromatic nitrogens is 1. The lowest BCUT2D eigenvalue weighted by atomic mass is 10.2. The van der Waals surface area contributed by atoms with Crippen molar-refractivity contribution in [3.63, 3.8) is 0 Å². The third-order valence-electron chi connectivity index (χ3n) is 2.90. The van der Waals surface area contributed by atoms with Gasteiger partial charge in [0.15, 0.2) is 0 Å². The van der Waals surface area contributed by atoms with Crippen LogP contribution in [0.1, 0.15) is 47.5 Å². The molecule has 0 saturated carbocycles. The minimum Gasteiger partial charge on any atom is -0.478 e. The summed E-state index contributed by atoms with van der Waals surface area (Å²) in [5, 5.41) is 14.1. The van der Waals surface area contributed by atoms with Gasteiger partial charge in [-0.3, -0.25) is 14.6 Å². The van der Waals surface area contributed by atoms with E-state index in [1.165, 1.54) is 12.1 Å². The molecule has 0 bridgehead atoms. The third-order valence-corrected chi connectivity index (χ3v) is 2.90. The normalized spacial score (nSPS) is 11.5. The number of pyridine rings is 1. The summed E-state index contributed by atoms with van der Waals surface area (Å²) in [7, 11) is 0. The molecule has 1 aromatic rings. The van der Waals surface area contributed by atoms with Crippen LogP contribution < -0.4 is 10.6 Å². The van der Waals surface area contributed by atoms with Crippen molar-refractivity contribution in [2.45, 2.75) is 32.7 Å². The second kappa shape index (κ2) is 7.98. The van der Waals surface area contributed by atoms with Crippen LogP contribution in [0.15, 0.2) is 18.3 Å². The van der Waals surface area contributed by atoms with Crippen LogP contribution in [-0.2, 0) is 4.79 Å². The number of hydrogen-bond donors (Lipinski definition) is 3. The van der Waals surface area contributed by atoms with Gasteiger partial charge in [0, 0.05) is 25.2 Å². The molecule has 0 radical (unpaired) electrons. The Bertz CT molecular complexity index is 513. The number of carbonyl (C=O) groups is 3. The lowest BCUT2D eigenvalue weighted by molar-refractivity contribution is -0.121. The van der Waals surface area contributed by atoms with Gasteiger partial charge in [-0.1, -0.05) is 6.92 Å². The van der Waals surface area contributed by atoms with E-state index >= 15 is 0 Å². The number of carbonyl (C=O) groups excluding carboxylic acids is 2. The highest BCUT2D eigenvalue weighted by Gasteiger charge is 2.10. The predicted molar refractivity (Wildman–Crippen MR) is 76.0 cm³/mol. The molecule has 0 fully saturated rings. The Hall–Kier alpha value is -2.44. The molecule has 21 heavy (non-hydrogen) atoms. The molecule has 1 aromatic heterocycles. The number of rotatable bonds is 7. The van der Waals surface area contributed by atoms with Crippen molar-refractivity contribution < 1.29 is 19.5 Å². The highest BCUT2D eigenvalue weighted by atomic mass is 16.4. The van der Waals surface area contributed by atoms with Crippen LogP contribution in [-0.4, -0.2) is 40.5 Å². The first-order chi connectivity index (χ1) is 9.93. The highest BCUT2D eigenvalue weighted by molar-refractivity contribution is 5.94. The smallest absolute Gasteiger partial charge is 0.337 e. The van der Waals surface area contributed by atoms with E-state index in [-0.39, 0.29) is 36.2 Å². The summed E-state index contributed by atoms with van der Waals surface area (Å²) in [6.45, 7) is 4.08. The molecule has 1 atom stereocenters. The average molecular weight is 293 g/mol. The second-order valence-electron chi connectivity index (χ2n) is 4.62. The SMILES string of the molecule is CCC(C)NC(=O)CCNC(=O)c1ccc(C(=O)O)cn1. The number of hydrogen-bond acceptors (Lipinski definition) is 4. The zero-order valence-electron chi connectivity index (χ0n) is 12.0. The second-order valence-corrected chi connectivity index (χ2v) is 4.62. The Kier molecular flexibility index (Phi) is 6.32. The first-order valence-electron chi connectivity index (χ1n) is 6.71. The molecule has 0 spiro atoms. The van der Waals surface area contributed by atoms with Gasteiger partial charge in [0.2, 0.25) is 5.91 Å². The zero-order valence-corrected chi connectivity index (χ0v) is 12.0. The van der Waals surface area contributed by atoms with Gasteiger partial charge in [0.25, 0.3) is 5.91 Å². The fraction of sp³-hybridized carbons (Fsp3) is 0.429. The van der Waals surface area contributed by atoms with Crippen LogP contribution in [0.3, 0.4) is 0 Å². The maximum absolute atomic E-state index is 11.7. The summed E-state index contributed by atoms with van der Waals surface area (Å²) in [6, 6.07) is 2.75. The van der Waals surface area contributed by atoms with Crippen molar-refractivity contribution in [2.75, 3.05) is 6.54 Å². The zero-order chi connectivity index (χ0) is 15.8.